The molecule has 0 spiro atoms. The Kier molecular flexibility index (Phi) is 5.82. The summed E-state index contributed by atoms with van der Waals surface area (Å²) in [5.41, 5.74) is 9.82. The number of benzene rings is 7. The number of rotatable bonds is 5. The minimum absolute atomic E-state index is 0.894. The van der Waals surface area contributed by atoms with Gasteiger partial charge in [0.15, 0.2) is 0 Å². The van der Waals surface area contributed by atoms with Crippen LogP contribution in [0.5, 0.6) is 0 Å². The average molecular weight is 538 g/mol. The number of para-hydroxylation sites is 2. The van der Waals surface area contributed by atoms with Crippen LogP contribution in [0, 0.1) is 0 Å². The second-order valence-electron chi connectivity index (χ2n) is 10.5. The first kappa shape index (κ1) is 24.2. The molecule has 0 fully saturated rings. The van der Waals surface area contributed by atoms with Gasteiger partial charge in [-0.2, -0.15) is 0 Å². The summed E-state index contributed by atoms with van der Waals surface area (Å²) in [7, 11) is 0. The van der Waals surface area contributed by atoms with Crippen molar-refractivity contribution < 1.29 is 4.42 Å². The molecule has 0 N–H and O–H groups in total. The van der Waals surface area contributed by atoms with E-state index in [9.17, 15) is 0 Å². The Morgan fingerprint density at radius 2 is 1.10 bits per heavy atom. The summed E-state index contributed by atoms with van der Waals surface area (Å²) in [5, 5.41) is 4.58. The van der Waals surface area contributed by atoms with Crippen LogP contribution in [0.2, 0.25) is 0 Å². The Labute approximate surface area is 244 Å². The second-order valence-corrected chi connectivity index (χ2v) is 10.5. The molecule has 2 heteroatoms. The van der Waals surface area contributed by atoms with E-state index in [0.717, 1.165) is 55.5 Å². The molecule has 1 heterocycles. The van der Waals surface area contributed by atoms with Crippen LogP contribution < -0.4 is 4.90 Å². The molecule has 0 amide bonds. The molecule has 8 rings (SSSR count). The molecule has 7 aromatic carbocycles. The predicted octanol–water partition coefficient (Wildman–Crippen LogP) is 11.5. The first-order valence-electron chi connectivity index (χ1n) is 14.3. The molecule has 0 radical (unpaired) electrons. The first-order valence-corrected chi connectivity index (χ1v) is 14.3. The van der Waals surface area contributed by atoms with E-state index in [0.29, 0.717) is 0 Å². The molecular weight excluding hydrogens is 510 g/mol. The van der Waals surface area contributed by atoms with Gasteiger partial charge >= 0.3 is 0 Å². The summed E-state index contributed by atoms with van der Waals surface area (Å²) in [6.07, 6.45) is 0. The van der Waals surface area contributed by atoms with E-state index in [-0.39, 0.29) is 0 Å². The largest absolute Gasteiger partial charge is 0.455 e. The Balaban J connectivity index is 1.37. The SMILES string of the molecule is c1ccc(-c2cccc(N(c3ccccc3)c3ccccc3-c3cccc4oc5c6ccccc6ccc5c34)c2)cc1. The van der Waals surface area contributed by atoms with Crippen molar-refractivity contribution >= 4 is 49.8 Å². The van der Waals surface area contributed by atoms with Gasteiger partial charge in [-0.3, -0.25) is 0 Å². The summed E-state index contributed by atoms with van der Waals surface area (Å²) in [4.78, 5) is 2.36. The van der Waals surface area contributed by atoms with Crippen LogP contribution in [0.3, 0.4) is 0 Å². The third-order valence-corrected chi connectivity index (χ3v) is 8.05. The molecule has 42 heavy (non-hydrogen) atoms. The minimum atomic E-state index is 0.894. The Morgan fingerprint density at radius 1 is 0.429 bits per heavy atom. The molecule has 2 nitrogen and oxygen atoms in total. The topological polar surface area (TPSA) is 16.4 Å². The summed E-state index contributed by atoms with van der Waals surface area (Å²) in [6, 6.07) is 57.9. The molecule has 0 aliphatic rings. The van der Waals surface area contributed by atoms with E-state index in [1.54, 1.807) is 0 Å². The zero-order chi connectivity index (χ0) is 27.9. The molecular formula is C40H27NO. The van der Waals surface area contributed by atoms with Crippen molar-refractivity contribution in [3.8, 4) is 22.3 Å². The maximum atomic E-state index is 6.55. The van der Waals surface area contributed by atoms with Crippen LogP contribution in [0.25, 0.3) is 55.0 Å². The molecule has 0 aliphatic heterocycles. The van der Waals surface area contributed by atoms with E-state index < -0.39 is 0 Å². The second kappa shape index (κ2) is 10.1. The summed E-state index contributed by atoms with van der Waals surface area (Å²) in [6.45, 7) is 0. The first-order chi connectivity index (χ1) is 20.8. The zero-order valence-electron chi connectivity index (χ0n) is 22.9. The molecule has 198 valence electrons. The predicted molar refractivity (Wildman–Crippen MR) is 177 cm³/mol. The van der Waals surface area contributed by atoms with Crippen LogP contribution in [0.1, 0.15) is 0 Å². The molecule has 0 saturated carbocycles. The van der Waals surface area contributed by atoms with Gasteiger partial charge in [0.2, 0.25) is 0 Å². The quantitative estimate of drug-likeness (QED) is 0.217. The molecule has 8 aromatic rings. The smallest absolute Gasteiger partial charge is 0.143 e. The number of anilines is 3. The van der Waals surface area contributed by atoms with E-state index >= 15 is 0 Å². The number of hydrogen-bond donors (Lipinski definition) is 0. The van der Waals surface area contributed by atoms with Gasteiger partial charge in [0.05, 0.1) is 5.69 Å². The van der Waals surface area contributed by atoms with Gasteiger partial charge in [0.25, 0.3) is 0 Å². The highest BCUT2D eigenvalue weighted by atomic mass is 16.3. The maximum absolute atomic E-state index is 6.55. The molecule has 0 atom stereocenters. The van der Waals surface area contributed by atoms with Crippen molar-refractivity contribution in [1.82, 2.24) is 0 Å². The Hall–Kier alpha value is -5.60. The lowest BCUT2D eigenvalue weighted by Crippen LogP contribution is -2.11. The third kappa shape index (κ3) is 4.05. The van der Waals surface area contributed by atoms with E-state index in [1.165, 1.54) is 16.5 Å². The van der Waals surface area contributed by atoms with E-state index in [1.807, 2.05) is 0 Å². The van der Waals surface area contributed by atoms with Crippen LogP contribution in [0.4, 0.5) is 17.1 Å². The van der Waals surface area contributed by atoms with Crippen LogP contribution in [-0.2, 0) is 0 Å². The van der Waals surface area contributed by atoms with Gasteiger partial charge in [-0.05, 0) is 64.5 Å². The fourth-order valence-corrected chi connectivity index (χ4v) is 6.13. The number of furan rings is 1. The zero-order valence-corrected chi connectivity index (χ0v) is 22.9. The van der Waals surface area contributed by atoms with Gasteiger partial charge in [0.1, 0.15) is 11.2 Å². The van der Waals surface area contributed by atoms with Crippen molar-refractivity contribution in [3.05, 3.63) is 164 Å². The Morgan fingerprint density at radius 3 is 1.98 bits per heavy atom. The fourth-order valence-electron chi connectivity index (χ4n) is 6.13. The maximum Gasteiger partial charge on any atom is 0.143 e. The normalized spacial score (nSPS) is 11.3. The monoisotopic (exact) mass is 537 g/mol. The molecule has 0 saturated heterocycles. The Bertz CT molecular complexity index is 2200. The summed E-state index contributed by atoms with van der Waals surface area (Å²) < 4.78 is 6.55. The number of nitrogens with zero attached hydrogens (tertiary/aromatic N) is 1. The number of hydrogen-bond acceptors (Lipinski definition) is 2. The molecule has 0 aliphatic carbocycles. The van der Waals surface area contributed by atoms with Crippen LogP contribution >= 0.6 is 0 Å². The number of fused-ring (bicyclic) bond motifs is 5. The minimum Gasteiger partial charge on any atom is -0.455 e. The molecule has 1 aromatic heterocycles. The van der Waals surface area contributed by atoms with Crippen LogP contribution in [-0.4, -0.2) is 0 Å². The van der Waals surface area contributed by atoms with Gasteiger partial charge < -0.3 is 9.32 Å². The lowest BCUT2D eigenvalue weighted by molar-refractivity contribution is 0.673. The highest BCUT2D eigenvalue weighted by Crippen LogP contribution is 2.45. The van der Waals surface area contributed by atoms with Gasteiger partial charge in [-0.25, -0.2) is 0 Å². The lowest BCUT2D eigenvalue weighted by Gasteiger charge is -2.28. The molecule has 0 bridgehead atoms. The fraction of sp³-hybridized carbons (Fsp3) is 0. The van der Waals surface area contributed by atoms with E-state index in [4.69, 9.17) is 4.42 Å². The standard InChI is InChI=1S/C40H27NO/c1-3-13-28(14-4-1)30-16-11-19-32(27-30)41(31-17-5-2-6-18-31)37-23-10-9-21-34(37)35-22-12-24-38-39(35)36-26-25-29-15-7-8-20-33(29)40(36)42-38/h1-27H. The highest BCUT2D eigenvalue weighted by Gasteiger charge is 2.21. The van der Waals surface area contributed by atoms with Gasteiger partial charge in [-0.1, -0.05) is 121 Å². The van der Waals surface area contributed by atoms with Crippen molar-refractivity contribution in [3.63, 3.8) is 0 Å². The summed E-state index contributed by atoms with van der Waals surface area (Å²) in [5.74, 6) is 0. The lowest BCUT2D eigenvalue weighted by atomic mass is 9.96. The third-order valence-electron chi connectivity index (χ3n) is 8.05. The van der Waals surface area contributed by atoms with Gasteiger partial charge in [0, 0.05) is 33.1 Å². The van der Waals surface area contributed by atoms with Crippen LogP contribution in [0.15, 0.2) is 168 Å². The van der Waals surface area contributed by atoms with Crippen molar-refractivity contribution in [2.45, 2.75) is 0 Å². The highest BCUT2D eigenvalue weighted by molar-refractivity contribution is 6.19. The molecule has 0 unspecified atom stereocenters. The van der Waals surface area contributed by atoms with E-state index in [2.05, 4.69) is 169 Å². The van der Waals surface area contributed by atoms with Crippen molar-refractivity contribution in [2.75, 3.05) is 4.90 Å². The van der Waals surface area contributed by atoms with Crippen molar-refractivity contribution in [2.24, 2.45) is 0 Å². The van der Waals surface area contributed by atoms with Gasteiger partial charge in [-0.15, -0.1) is 0 Å². The average Bonchev–Trinajstić information content (AvgIpc) is 3.46. The van der Waals surface area contributed by atoms with Crippen molar-refractivity contribution in [1.29, 1.82) is 0 Å². The summed E-state index contributed by atoms with van der Waals surface area (Å²) >= 11 is 0.